The molecule has 18 heavy (non-hydrogen) atoms. The molecule has 1 heterocycles. The van der Waals surface area contributed by atoms with Gasteiger partial charge < -0.3 is 20.5 Å². The SMILES string of the molecule is COc1cnccc1C(=O)NCCNCC(C)O. The van der Waals surface area contributed by atoms with E-state index in [1.165, 1.54) is 13.3 Å². The fraction of sp³-hybridized carbons (Fsp3) is 0.500. The maximum Gasteiger partial charge on any atom is 0.255 e. The third-order valence-corrected chi connectivity index (χ3v) is 2.28. The molecule has 1 rings (SSSR count). The first-order valence-electron chi connectivity index (χ1n) is 5.80. The van der Waals surface area contributed by atoms with Crippen molar-refractivity contribution in [3.8, 4) is 5.75 Å². The summed E-state index contributed by atoms with van der Waals surface area (Å²) < 4.78 is 5.05. The second kappa shape index (κ2) is 7.62. The Morgan fingerprint density at radius 2 is 2.33 bits per heavy atom. The molecule has 0 saturated heterocycles. The second-order valence-electron chi connectivity index (χ2n) is 3.89. The van der Waals surface area contributed by atoms with E-state index in [0.29, 0.717) is 30.9 Å². The highest BCUT2D eigenvalue weighted by Gasteiger charge is 2.10. The number of nitrogens with zero attached hydrogens (tertiary/aromatic N) is 1. The van der Waals surface area contributed by atoms with Crippen LogP contribution in [0, 0.1) is 0 Å². The van der Waals surface area contributed by atoms with Gasteiger partial charge in [-0.05, 0) is 13.0 Å². The summed E-state index contributed by atoms with van der Waals surface area (Å²) in [5, 5.41) is 14.8. The molecular weight excluding hydrogens is 234 g/mol. The zero-order chi connectivity index (χ0) is 13.4. The number of carbonyl (C=O) groups is 1. The van der Waals surface area contributed by atoms with Crippen LogP contribution >= 0.6 is 0 Å². The molecule has 0 fully saturated rings. The fourth-order valence-electron chi connectivity index (χ4n) is 1.40. The van der Waals surface area contributed by atoms with Gasteiger partial charge in [0.15, 0.2) is 0 Å². The fourth-order valence-corrected chi connectivity index (χ4v) is 1.40. The maximum atomic E-state index is 11.8. The second-order valence-corrected chi connectivity index (χ2v) is 3.89. The van der Waals surface area contributed by atoms with E-state index in [1.807, 2.05) is 0 Å². The number of ether oxygens (including phenoxy) is 1. The van der Waals surface area contributed by atoms with Crippen molar-refractivity contribution in [3.63, 3.8) is 0 Å². The molecule has 0 bridgehead atoms. The molecule has 3 N–H and O–H groups in total. The van der Waals surface area contributed by atoms with Gasteiger partial charge in [-0.1, -0.05) is 0 Å². The molecule has 0 aliphatic rings. The predicted octanol–water partition coefficient (Wildman–Crippen LogP) is -0.210. The molecule has 1 atom stereocenters. The minimum absolute atomic E-state index is 0.201. The van der Waals surface area contributed by atoms with Crippen molar-refractivity contribution >= 4 is 5.91 Å². The van der Waals surface area contributed by atoms with Crippen LogP contribution in [0.4, 0.5) is 0 Å². The van der Waals surface area contributed by atoms with Gasteiger partial charge in [0.1, 0.15) is 5.75 Å². The molecule has 1 aromatic heterocycles. The van der Waals surface area contributed by atoms with E-state index in [4.69, 9.17) is 9.84 Å². The van der Waals surface area contributed by atoms with Crippen molar-refractivity contribution in [2.75, 3.05) is 26.7 Å². The average Bonchev–Trinajstić information content (AvgIpc) is 2.37. The van der Waals surface area contributed by atoms with E-state index in [2.05, 4.69) is 15.6 Å². The van der Waals surface area contributed by atoms with Crippen molar-refractivity contribution in [1.29, 1.82) is 0 Å². The van der Waals surface area contributed by atoms with Crippen LogP contribution in [0.1, 0.15) is 17.3 Å². The van der Waals surface area contributed by atoms with Gasteiger partial charge in [0.2, 0.25) is 0 Å². The van der Waals surface area contributed by atoms with E-state index in [9.17, 15) is 4.79 Å². The Kier molecular flexibility index (Phi) is 6.10. The van der Waals surface area contributed by atoms with Gasteiger partial charge in [-0.2, -0.15) is 0 Å². The van der Waals surface area contributed by atoms with Crippen molar-refractivity contribution < 1.29 is 14.6 Å². The molecule has 0 radical (unpaired) electrons. The molecular formula is C12H19N3O3. The van der Waals surface area contributed by atoms with E-state index in [-0.39, 0.29) is 12.0 Å². The van der Waals surface area contributed by atoms with E-state index >= 15 is 0 Å². The Morgan fingerprint density at radius 1 is 1.56 bits per heavy atom. The summed E-state index contributed by atoms with van der Waals surface area (Å²) in [6.07, 6.45) is 2.66. The topological polar surface area (TPSA) is 83.5 Å². The quantitative estimate of drug-likeness (QED) is 0.586. The standard InChI is InChI=1S/C12H19N3O3/c1-9(16)7-14-5-6-15-12(17)10-3-4-13-8-11(10)18-2/h3-4,8-9,14,16H,5-7H2,1-2H3,(H,15,17). The summed E-state index contributed by atoms with van der Waals surface area (Å²) in [5.74, 6) is 0.250. The third-order valence-electron chi connectivity index (χ3n) is 2.28. The summed E-state index contributed by atoms with van der Waals surface area (Å²) in [6, 6.07) is 1.61. The number of hydrogen-bond donors (Lipinski definition) is 3. The van der Waals surface area contributed by atoms with Crippen molar-refractivity contribution in [3.05, 3.63) is 24.0 Å². The molecule has 100 valence electrons. The van der Waals surface area contributed by atoms with Crippen LogP contribution in [-0.2, 0) is 0 Å². The number of carbonyl (C=O) groups excluding carboxylic acids is 1. The lowest BCUT2D eigenvalue weighted by molar-refractivity contribution is 0.0950. The first-order valence-corrected chi connectivity index (χ1v) is 5.80. The monoisotopic (exact) mass is 253 g/mol. The zero-order valence-corrected chi connectivity index (χ0v) is 10.6. The number of methoxy groups -OCH3 is 1. The molecule has 0 aliphatic carbocycles. The van der Waals surface area contributed by atoms with Gasteiger partial charge in [-0.3, -0.25) is 9.78 Å². The largest absolute Gasteiger partial charge is 0.494 e. The van der Waals surface area contributed by atoms with Crippen molar-refractivity contribution in [2.24, 2.45) is 0 Å². The van der Waals surface area contributed by atoms with Crippen molar-refractivity contribution in [2.45, 2.75) is 13.0 Å². The zero-order valence-electron chi connectivity index (χ0n) is 10.6. The summed E-state index contributed by atoms with van der Waals surface area (Å²) in [5.41, 5.74) is 0.461. The minimum Gasteiger partial charge on any atom is -0.494 e. The number of aromatic nitrogens is 1. The highest BCUT2D eigenvalue weighted by Crippen LogP contribution is 2.14. The molecule has 0 saturated carbocycles. The lowest BCUT2D eigenvalue weighted by atomic mass is 10.2. The first-order chi connectivity index (χ1) is 8.65. The van der Waals surface area contributed by atoms with Crippen LogP contribution in [0.2, 0.25) is 0 Å². The Bertz CT molecular complexity index is 383. The van der Waals surface area contributed by atoms with Crippen LogP contribution in [0.5, 0.6) is 5.75 Å². The Labute approximate surface area is 106 Å². The van der Waals surface area contributed by atoms with Crippen molar-refractivity contribution in [1.82, 2.24) is 15.6 Å². The summed E-state index contributed by atoms with van der Waals surface area (Å²) in [4.78, 5) is 15.7. The number of hydrogen-bond acceptors (Lipinski definition) is 5. The number of aliphatic hydroxyl groups excluding tert-OH is 1. The van der Waals surface area contributed by atoms with E-state index in [1.54, 1.807) is 19.2 Å². The third kappa shape index (κ3) is 4.68. The lowest BCUT2D eigenvalue weighted by Gasteiger charge is -2.10. The molecule has 0 aliphatic heterocycles. The molecule has 6 heteroatoms. The minimum atomic E-state index is -0.388. The Balaban J connectivity index is 2.36. The number of pyridine rings is 1. The average molecular weight is 253 g/mol. The molecule has 1 unspecified atom stereocenters. The lowest BCUT2D eigenvalue weighted by Crippen LogP contribution is -2.34. The Hall–Kier alpha value is -1.66. The molecule has 0 aromatic carbocycles. The van der Waals surface area contributed by atoms with Gasteiger partial charge >= 0.3 is 0 Å². The van der Waals surface area contributed by atoms with Gasteiger partial charge in [-0.25, -0.2) is 0 Å². The Morgan fingerprint density at radius 3 is 3.00 bits per heavy atom. The molecule has 0 spiro atoms. The number of nitrogens with one attached hydrogen (secondary N) is 2. The molecule has 1 amide bonds. The van der Waals surface area contributed by atoms with Crippen LogP contribution in [0.3, 0.4) is 0 Å². The number of rotatable bonds is 7. The van der Waals surface area contributed by atoms with E-state index < -0.39 is 0 Å². The smallest absolute Gasteiger partial charge is 0.255 e. The van der Waals surface area contributed by atoms with Crippen LogP contribution in [0.15, 0.2) is 18.5 Å². The van der Waals surface area contributed by atoms with Crippen LogP contribution in [-0.4, -0.2) is 48.8 Å². The maximum absolute atomic E-state index is 11.8. The van der Waals surface area contributed by atoms with Gasteiger partial charge in [0.05, 0.1) is 25.0 Å². The van der Waals surface area contributed by atoms with Gasteiger partial charge in [-0.15, -0.1) is 0 Å². The molecule has 1 aromatic rings. The summed E-state index contributed by atoms with van der Waals surface area (Å²) >= 11 is 0. The van der Waals surface area contributed by atoms with Gasteiger partial charge in [0, 0.05) is 25.8 Å². The predicted molar refractivity (Wildman–Crippen MR) is 67.7 cm³/mol. The normalized spacial score (nSPS) is 11.9. The molecule has 6 nitrogen and oxygen atoms in total. The van der Waals surface area contributed by atoms with Gasteiger partial charge in [0.25, 0.3) is 5.91 Å². The first kappa shape index (κ1) is 14.4. The summed E-state index contributed by atoms with van der Waals surface area (Å²) in [7, 11) is 1.50. The highest BCUT2D eigenvalue weighted by molar-refractivity contribution is 5.96. The van der Waals surface area contributed by atoms with Crippen LogP contribution < -0.4 is 15.4 Å². The van der Waals surface area contributed by atoms with Crippen LogP contribution in [0.25, 0.3) is 0 Å². The summed E-state index contributed by atoms with van der Waals surface area (Å²) in [6.45, 7) is 3.29. The number of amides is 1. The number of aliphatic hydroxyl groups is 1. The van der Waals surface area contributed by atoms with E-state index in [0.717, 1.165) is 0 Å². The highest BCUT2D eigenvalue weighted by atomic mass is 16.5.